The number of imidazole rings is 1. The molecule has 5 nitrogen and oxygen atoms in total. The molecule has 3 aromatic rings. The van der Waals surface area contributed by atoms with Gasteiger partial charge in [0.15, 0.2) is 16.5 Å². The van der Waals surface area contributed by atoms with Crippen molar-refractivity contribution in [3.8, 4) is 11.5 Å². The zero-order valence-corrected chi connectivity index (χ0v) is 12.8. The standard InChI is InChI=1S/C15H17N3O2S/c1-19-13-4-3-10(7-14(13)20-2)12(16)8-11-9-18-5-6-21-15(18)17-11/h3-7,9,12H,8,16H2,1-2H3. The monoisotopic (exact) mass is 303 g/mol. The molecular formula is C15H17N3O2S. The van der Waals surface area contributed by atoms with Crippen molar-refractivity contribution in [2.75, 3.05) is 14.2 Å². The van der Waals surface area contributed by atoms with Crippen molar-refractivity contribution in [3.05, 3.63) is 47.2 Å². The molecule has 1 aromatic carbocycles. The smallest absolute Gasteiger partial charge is 0.193 e. The molecular weight excluding hydrogens is 286 g/mol. The fraction of sp³-hybridized carbons (Fsp3) is 0.267. The summed E-state index contributed by atoms with van der Waals surface area (Å²) < 4.78 is 12.6. The van der Waals surface area contributed by atoms with Crippen LogP contribution in [0.4, 0.5) is 0 Å². The Kier molecular flexibility index (Phi) is 3.81. The van der Waals surface area contributed by atoms with E-state index in [0.717, 1.165) is 16.2 Å². The van der Waals surface area contributed by atoms with Crippen LogP contribution < -0.4 is 15.2 Å². The fourth-order valence-electron chi connectivity index (χ4n) is 2.30. The summed E-state index contributed by atoms with van der Waals surface area (Å²) >= 11 is 1.62. The number of ether oxygens (including phenoxy) is 2. The number of rotatable bonds is 5. The first-order valence-corrected chi connectivity index (χ1v) is 7.48. The summed E-state index contributed by atoms with van der Waals surface area (Å²) in [7, 11) is 3.24. The molecule has 0 bridgehead atoms. The summed E-state index contributed by atoms with van der Waals surface area (Å²) in [6.07, 6.45) is 4.70. The Hall–Kier alpha value is -2.05. The van der Waals surface area contributed by atoms with Crippen molar-refractivity contribution >= 4 is 16.3 Å². The highest BCUT2D eigenvalue weighted by molar-refractivity contribution is 7.15. The number of methoxy groups -OCH3 is 2. The molecule has 110 valence electrons. The molecule has 0 saturated carbocycles. The van der Waals surface area contributed by atoms with E-state index in [9.17, 15) is 0 Å². The van der Waals surface area contributed by atoms with E-state index in [1.54, 1.807) is 25.6 Å². The molecule has 2 aromatic heterocycles. The second-order valence-corrected chi connectivity index (χ2v) is 5.62. The van der Waals surface area contributed by atoms with E-state index in [1.165, 1.54) is 0 Å². The third-order valence-electron chi connectivity index (χ3n) is 3.41. The SMILES string of the molecule is COc1ccc(C(N)Cc2cn3ccsc3n2)cc1OC. The number of benzene rings is 1. The van der Waals surface area contributed by atoms with Gasteiger partial charge in [-0.15, -0.1) is 11.3 Å². The molecule has 0 spiro atoms. The molecule has 3 rings (SSSR count). The average molecular weight is 303 g/mol. The highest BCUT2D eigenvalue weighted by Crippen LogP contribution is 2.30. The maximum absolute atomic E-state index is 6.29. The molecule has 0 radical (unpaired) electrons. The Morgan fingerprint density at radius 3 is 2.81 bits per heavy atom. The zero-order chi connectivity index (χ0) is 14.8. The largest absolute Gasteiger partial charge is 0.493 e. The van der Waals surface area contributed by atoms with Crippen molar-refractivity contribution in [1.29, 1.82) is 0 Å². The maximum atomic E-state index is 6.29. The molecule has 2 heterocycles. The molecule has 0 amide bonds. The van der Waals surface area contributed by atoms with Gasteiger partial charge in [0.1, 0.15) is 0 Å². The second kappa shape index (κ2) is 5.75. The Morgan fingerprint density at radius 2 is 2.10 bits per heavy atom. The molecule has 2 N–H and O–H groups in total. The van der Waals surface area contributed by atoms with E-state index in [0.29, 0.717) is 17.9 Å². The first kappa shape index (κ1) is 13.9. The van der Waals surface area contributed by atoms with Gasteiger partial charge in [-0.1, -0.05) is 6.07 Å². The van der Waals surface area contributed by atoms with Crippen molar-refractivity contribution in [1.82, 2.24) is 9.38 Å². The molecule has 6 heteroatoms. The summed E-state index contributed by atoms with van der Waals surface area (Å²) in [5.41, 5.74) is 8.28. The predicted octanol–water partition coefficient (Wildman–Crippen LogP) is 2.66. The molecule has 0 saturated heterocycles. The third-order valence-corrected chi connectivity index (χ3v) is 4.18. The predicted molar refractivity (Wildman–Crippen MR) is 83.2 cm³/mol. The normalized spacial score (nSPS) is 12.5. The van der Waals surface area contributed by atoms with Crippen molar-refractivity contribution in [3.63, 3.8) is 0 Å². The summed E-state index contributed by atoms with van der Waals surface area (Å²) in [4.78, 5) is 5.55. The molecule has 1 atom stereocenters. The van der Waals surface area contributed by atoms with E-state index in [4.69, 9.17) is 15.2 Å². The van der Waals surface area contributed by atoms with E-state index >= 15 is 0 Å². The summed E-state index contributed by atoms with van der Waals surface area (Å²) in [6, 6.07) is 5.63. The lowest BCUT2D eigenvalue weighted by Gasteiger charge is -2.14. The second-order valence-electron chi connectivity index (χ2n) is 4.75. The van der Waals surface area contributed by atoms with Gasteiger partial charge < -0.3 is 15.2 Å². The van der Waals surface area contributed by atoms with Crippen LogP contribution in [0.2, 0.25) is 0 Å². The van der Waals surface area contributed by atoms with Crippen LogP contribution in [0.3, 0.4) is 0 Å². The van der Waals surface area contributed by atoms with E-state index in [-0.39, 0.29) is 6.04 Å². The van der Waals surface area contributed by atoms with Gasteiger partial charge in [0.05, 0.1) is 19.9 Å². The van der Waals surface area contributed by atoms with Gasteiger partial charge in [-0.3, -0.25) is 4.40 Å². The highest BCUT2D eigenvalue weighted by Gasteiger charge is 2.13. The maximum Gasteiger partial charge on any atom is 0.193 e. The molecule has 0 aliphatic carbocycles. The van der Waals surface area contributed by atoms with Crippen molar-refractivity contribution < 1.29 is 9.47 Å². The van der Waals surface area contributed by atoms with Crippen LogP contribution >= 0.6 is 11.3 Å². The minimum atomic E-state index is -0.130. The van der Waals surface area contributed by atoms with Gasteiger partial charge in [0, 0.05) is 30.2 Å². The average Bonchev–Trinajstić information content (AvgIpc) is 3.07. The number of fused-ring (bicyclic) bond motifs is 1. The van der Waals surface area contributed by atoms with Crippen molar-refractivity contribution in [2.45, 2.75) is 12.5 Å². The first-order chi connectivity index (χ1) is 10.2. The van der Waals surface area contributed by atoms with Gasteiger partial charge in [0.2, 0.25) is 0 Å². The highest BCUT2D eigenvalue weighted by atomic mass is 32.1. The minimum Gasteiger partial charge on any atom is -0.493 e. The van der Waals surface area contributed by atoms with Crippen LogP contribution in [0.1, 0.15) is 17.3 Å². The number of hydrogen-bond acceptors (Lipinski definition) is 5. The van der Waals surface area contributed by atoms with Crippen LogP contribution in [-0.2, 0) is 6.42 Å². The minimum absolute atomic E-state index is 0.130. The fourth-order valence-corrected chi connectivity index (χ4v) is 3.02. The lowest BCUT2D eigenvalue weighted by molar-refractivity contribution is 0.354. The third kappa shape index (κ3) is 2.72. The van der Waals surface area contributed by atoms with E-state index < -0.39 is 0 Å². The van der Waals surface area contributed by atoms with Crippen LogP contribution in [0.25, 0.3) is 4.96 Å². The number of thiazole rings is 1. The Labute approximate surface area is 126 Å². The van der Waals surface area contributed by atoms with Gasteiger partial charge in [-0.2, -0.15) is 0 Å². The summed E-state index contributed by atoms with van der Waals surface area (Å²) in [5.74, 6) is 1.40. The van der Waals surface area contributed by atoms with Gasteiger partial charge in [0.25, 0.3) is 0 Å². The van der Waals surface area contributed by atoms with Crippen LogP contribution in [0.5, 0.6) is 11.5 Å². The lowest BCUT2D eigenvalue weighted by Crippen LogP contribution is -2.13. The van der Waals surface area contributed by atoms with Crippen LogP contribution in [0, 0.1) is 0 Å². The number of aromatic nitrogens is 2. The molecule has 0 aliphatic rings. The lowest BCUT2D eigenvalue weighted by atomic mass is 10.0. The summed E-state index contributed by atoms with van der Waals surface area (Å²) in [6.45, 7) is 0. The molecule has 1 unspecified atom stereocenters. The Balaban J connectivity index is 1.81. The molecule has 21 heavy (non-hydrogen) atoms. The Bertz CT molecular complexity index is 722. The summed E-state index contributed by atoms with van der Waals surface area (Å²) in [5, 5.41) is 2.01. The van der Waals surface area contributed by atoms with Gasteiger partial charge >= 0.3 is 0 Å². The topological polar surface area (TPSA) is 61.8 Å². The number of nitrogens with two attached hydrogens (primary N) is 1. The molecule has 0 aliphatic heterocycles. The Morgan fingerprint density at radius 1 is 1.29 bits per heavy atom. The first-order valence-electron chi connectivity index (χ1n) is 6.60. The molecule has 0 fully saturated rings. The van der Waals surface area contributed by atoms with Crippen molar-refractivity contribution in [2.24, 2.45) is 5.73 Å². The number of hydrogen-bond donors (Lipinski definition) is 1. The van der Waals surface area contributed by atoms with E-state index in [1.807, 2.05) is 40.4 Å². The van der Waals surface area contributed by atoms with Crippen LogP contribution in [-0.4, -0.2) is 23.6 Å². The quantitative estimate of drug-likeness (QED) is 0.787. The van der Waals surface area contributed by atoms with E-state index in [2.05, 4.69) is 4.98 Å². The van der Waals surface area contributed by atoms with Gasteiger partial charge in [-0.25, -0.2) is 4.98 Å². The number of nitrogens with zero attached hydrogens (tertiary/aromatic N) is 2. The van der Waals surface area contributed by atoms with Crippen LogP contribution in [0.15, 0.2) is 36.0 Å². The zero-order valence-electron chi connectivity index (χ0n) is 11.9. The van der Waals surface area contributed by atoms with Gasteiger partial charge in [-0.05, 0) is 17.7 Å².